The first-order valence-electron chi connectivity index (χ1n) is 7.17. The van der Waals surface area contributed by atoms with Gasteiger partial charge in [0.25, 0.3) is 0 Å². The predicted molar refractivity (Wildman–Crippen MR) is 104 cm³/mol. The summed E-state index contributed by atoms with van der Waals surface area (Å²) in [5.74, 6) is 0.598. The van der Waals surface area contributed by atoms with Crippen LogP contribution in [0.25, 0.3) is 22.1 Å². The molecule has 0 bridgehead atoms. The summed E-state index contributed by atoms with van der Waals surface area (Å²) in [5.41, 5.74) is 3.09. The molecule has 0 saturated carbocycles. The summed E-state index contributed by atoms with van der Waals surface area (Å²) in [6.45, 7) is 0. The molecule has 4 heterocycles. The second-order valence-corrected chi connectivity index (χ2v) is 6.60. The zero-order valence-electron chi connectivity index (χ0n) is 13.0. The molecular formula is C17H12Br2N4O2. The van der Waals surface area contributed by atoms with Crippen molar-refractivity contribution >= 4 is 53.9 Å². The molecule has 4 aromatic rings. The number of halogens is 2. The van der Waals surface area contributed by atoms with Crippen molar-refractivity contribution in [3.8, 4) is 5.88 Å². The van der Waals surface area contributed by atoms with Crippen LogP contribution in [-0.2, 0) is 0 Å². The molecule has 6 nitrogen and oxygen atoms in total. The van der Waals surface area contributed by atoms with Crippen LogP contribution in [0.2, 0.25) is 0 Å². The Kier molecular flexibility index (Phi) is 5.40. The van der Waals surface area contributed by atoms with Crippen molar-refractivity contribution < 1.29 is 4.74 Å². The summed E-state index contributed by atoms with van der Waals surface area (Å²) in [5, 5.41) is 0. The third kappa shape index (κ3) is 4.02. The minimum absolute atomic E-state index is 0.115. The van der Waals surface area contributed by atoms with Crippen LogP contribution >= 0.6 is 31.9 Å². The van der Waals surface area contributed by atoms with Crippen molar-refractivity contribution in [2.75, 3.05) is 7.11 Å². The smallest absolute Gasteiger partial charge is 0.248 e. The fourth-order valence-electron chi connectivity index (χ4n) is 2.11. The molecular weight excluding hydrogens is 452 g/mol. The number of fused-ring (bicyclic) bond motifs is 2. The van der Waals surface area contributed by atoms with E-state index in [4.69, 9.17) is 4.74 Å². The van der Waals surface area contributed by atoms with Gasteiger partial charge >= 0.3 is 0 Å². The maximum Gasteiger partial charge on any atom is 0.248 e. The molecule has 0 atom stereocenters. The highest BCUT2D eigenvalue weighted by Crippen LogP contribution is 2.22. The first-order valence-corrected chi connectivity index (χ1v) is 8.76. The number of hydrogen-bond acceptors (Lipinski definition) is 5. The van der Waals surface area contributed by atoms with Gasteiger partial charge in [-0.05, 0) is 56.1 Å². The van der Waals surface area contributed by atoms with Gasteiger partial charge in [-0.15, -0.1) is 0 Å². The molecule has 4 rings (SSSR count). The van der Waals surface area contributed by atoms with Crippen molar-refractivity contribution in [1.29, 1.82) is 0 Å². The number of H-pyrrole nitrogens is 1. The van der Waals surface area contributed by atoms with Gasteiger partial charge < -0.3 is 9.72 Å². The van der Waals surface area contributed by atoms with Crippen molar-refractivity contribution in [3.63, 3.8) is 0 Å². The molecule has 0 saturated heterocycles. The Bertz CT molecular complexity index is 1100. The van der Waals surface area contributed by atoms with E-state index in [9.17, 15) is 4.79 Å². The molecule has 25 heavy (non-hydrogen) atoms. The molecule has 4 aromatic heterocycles. The molecule has 0 aliphatic rings. The molecule has 0 fully saturated rings. The largest absolute Gasteiger partial charge is 0.481 e. The first-order chi connectivity index (χ1) is 12.1. The minimum atomic E-state index is -0.115. The number of hydrogen-bond donors (Lipinski definition) is 1. The van der Waals surface area contributed by atoms with E-state index in [1.54, 1.807) is 37.7 Å². The van der Waals surface area contributed by atoms with Crippen LogP contribution in [0, 0.1) is 0 Å². The Balaban J connectivity index is 0.000000146. The summed E-state index contributed by atoms with van der Waals surface area (Å²) in [7, 11) is 1.60. The van der Waals surface area contributed by atoms with Crippen LogP contribution in [0.3, 0.4) is 0 Å². The van der Waals surface area contributed by atoms with Crippen molar-refractivity contribution in [3.05, 3.63) is 68.1 Å². The number of aromatic amines is 1. The fourth-order valence-corrected chi connectivity index (χ4v) is 2.94. The summed E-state index contributed by atoms with van der Waals surface area (Å²) >= 11 is 6.72. The normalized spacial score (nSPS) is 10.4. The summed E-state index contributed by atoms with van der Waals surface area (Å²) < 4.78 is 6.80. The highest BCUT2D eigenvalue weighted by molar-refractivity contribution is 9.11. The summed E-state index contributed by atoms with van der Waals surface area (Å²) in [6.07, 6.45) is 3.42. The Morgan fingerprint density at radius 1 is 0.920 bits per heavy atom. The maximum absolute atomic E-state index is 10.9. The van der Waals surface area contributed by atoms with E-state index in [2.05, 4.69) is 51.8 Å². The Hall–Kier alpha value is -2.32. The van der Waals surface area contributed by atoms with Crippen LogP contribution in [-0.4, -0.2) is 27.0 Å². The van der Waals surface area contributed by atoms with E-state index in [-0.39, 0.29) is 5.56 Å². The SMILES string of the molecule is COc1ccc2nccc(Br)c2n1.O=c1ccc2nccc(Br)c2[nH]1. The molecule has 1 N–H and O–H groups in total. The number of rotatable bonds is 1. The average Bonchev–Trinajstić information content (AvgIpc) is 2.63. The van der Waals surface area contributed by atoms with Crippen LogP contribution in [0.5, 0.6) is 5.88 Å². The molecule has 8 heteroatoms. The molecule has 0 amide bonds. The van der Waals surface area contributed by atoms with Crippen LogP contribution in [0.15, 0.2) is 62.5 Å². The number of nitrogens with one attached hydrogen (secondary N) is 1. The Labute approximate surface area is 159 Å². The van der Waals surface area contributed by atoms with E-state index in [0.717, 1.165) is 31.0 Å². The van der Waals surface area contributed by atoms with Crippen LogP contribution in [0.1, 0.15) is 0 Å². The van der Waals surface area contributed by atoms with E-state index in [0.29, 0.717) is 5.88 Å². The Morgan fingerprint density at radius 3 is 2.36 bits per heavy atom. The van der Waals surface area contributed by atoms with Gasteiger partial charge in [0.15, 0.2) is 0 Å². The first kappa shape index (κ1) is 17.5. The summed E-state index contributed by atoms with van der Waals surface area (Å²) in [6, 6.07) is 10.5. The lowest BCUT2D eigenvalue weighted by atomic mass is 10.3. The van der Waals surface area contributed by atoms with Gasteiger partial charge in [0, 0.05) is 33.5 Å². The number of ether oxygens (including phenoxy) is 1. The van der Waals surface area contributed by atoms with Crippen molar-refractivity contribution in [1.82, 2.24) is 19.9 Å². The quantitative estimate of drug-likeness (QED) is 0.459. The molecule has 0 aliphatic heterocycles. The van der Waals surface area contributed by atoms with E-state index in [1.807, 2.05) is 12.1 Å². The van der Waals surface area contributed by atoms with Gasteiger partial charge in [-0.3, -0.25) is 14.8 Å². The summed E-state index contributed by atoms with van der Waals surface area (Å²) in [4.78, 5) is 26.1. The predicted octanol–water partition coefficient (Wildman–Crippen LogP) is 4.09. The van der Waals surface area contributed by atoms with Crippen LogP contribution < -0.4 is 10.3 Å². The topological polar surface area (TPSA) is 80.8 Å². The molecule has 0 aliphatic carbocycles. The van der Waals surface area contributed by atoms with E-state index in [1.165, 1.54) is 6.07 Å². The standard InChI is InChI=1S/C9H7BrN2O.C8H5BrN2O/c1-13-8-3-2-7-9(12-8)6(10)4-5-11-7;9-5-3-4-10-6-1-2-7(12)11-8(5)6/h2-5H,1H3;1-4H,(H,11,12). The Morgan fingerprint density at radius 2 is 1.60 bits per heavy atom. The fraction of sp³-hybridized carbons (Fsp3) is 0.0588. The average molecular weight is 464 g/mol. The van der Waals surface area contributed by atoms with Crippen LogP contribution in [0.4, 0.5) is 0 Å². The van der Waals surface area contributed by atoms with Gasteiger partial charge in [-0.2, -0.15) is 0 Å². The van der Waals surface area contributed by atoms with Crippen molar-refractivity contribution in [2.45, 2.75) is 0 Å². The van der Waals surface area contributed by atoms with E-state index < -0.39 is 0 Å². The zero-order chi connectivity index (χ0) is 17.8. The molecule has 0 aromatic carbocycles. The second-order valence-electron chi connectivity index (χ2n) is 4.89. The molecule has 0 unspecified atom stereocenters. The monoisotopic (exact) mass is 462 g/mol. The van der Waals surface area contributed by atoms with Crippen molar-refractivity contribution in [2.24, 2.45) is 0 Å². The van der Waals surface area contributed by atoms with E-state index >= 15 is 0 Å². The van der Waals surface area contributed by atoms with Gasteiger partial charge in [0.05, 0.1) is 23.7 Å². The molecule has 126 valence electrons. The third-order valence-electron chi connectivity index (χ3n) is 3.29. The number of nitrogens with zero attached hydrogens (tertiary/aromatic N) is 3. The lowest BCUT2D eigenvalue weighted by Gasteiger charge is -2.01. The number of pyridine rings is 4. The molecule has 0 spiro atoms. The minimum Gasteiger partial charge on any atom is -0.481 e. The number of aromatic nitrogens is 4. The highest BCUT2D eigenvalue weighted by Gasteiger charge is 2.02. The van der Waals surface area contributed by atoms with Gasteiger partial charge in [-0.1, -0.05) is 0 Å². The van der Waals surface area contributed by atoms with Gasteiger partial charge in [0.1, 0.15) is 5.52 Å². The third-order valence-corrected chi connectivity index (χ3v) is 4.59. The number of methoxy groups -OCH3 is 1. The highest BCUT2D eigenvalue weighted by atomic mass is 79.9. The lowest BCUT2D eigenvalue weighted by molar-refractivity contribution is 0.399. The maximum atomic E-state index is 10.9. The zero-order valence-corrected chi connectivity index (χ0v) is 16.2. The second kappa shape index (κ2) is 7.71. The molecule has 0 radical (unpaired) electrons. The van der Waals surface area contributed by atoms with Gasteiger partial charge in [0.2, 0.25) is 11.4 Å². The van der Waals surface area contributed by atoms with Gasteiger partial charge in [-0.25, -0.2) is 4.98 Å². The lowest BCUT2D eigenvalue weighted by Crippen LogP contribution is -2.03.